The van der Waals surface area contributed by atoms with Crippen LogP contribution in [0.15, 0.2) is 0 Å². The third kappa shape index (κ3) is 1.69. The van der Waals surface area contributed by atoms with E-state index in [-0.39, 0.29) is 12.5 Å². The molecule has 2 aliphatic rings. The third-order valence-corrected chi connectivity index (χ3v) is 3.08. The van der Waals surface area contributed by atoms with Crippen LogP contribution in [0.1, 0.15) is 6.42 Å². The minimum Gasteiger partial charge on any atom is -0.396 e. The lowest BCUT2D eigenvalue weighted by molar-refractivity contribution is -0.134. The lowest BCUT2D eigenvalue weighted by Crippen LogP contribution is -2.49. The second-order valence-corrected chi connectivity index (χ2v) is 4.03. The molecule has 2 atom stereocenters. The monoisotopic (exact) mass is 184 g/mol. The maximum absolute atomic E-state index is 11.4. The van der Waals surface area contributed by atoms with Crippen molar-refractivity contribution in [1.29, 1.82) is 0 Å². The zero-order chi connectivity index (χ0) is 9.42. The largest absolute Gasteiger partial charge is 0.396 e. The highest BCUT2D eigenvalue weighted by atomic mass is 16.3. The van der Waals surface area contributed by atoms with Crippen LogP contribution >= 0.6 is 0 Å². The number of hydrogen-bond donors (Lipinski definition) is 1. The standard InChI is InChI=1S/C9H16N2O2/c1-10-2-3-11(5-9(10)13)8-4-7(8)6-12/h7-8,12H,2-6H2,1H3. The molecule has 2 rings (SSSR count). The Morgan fingerprint density at radius 3 is 2.85 bits per heavy atom. The number of rotatable bonds is 2. The molecule has 74 valence electrons. The molecule has 1 heterocycles. The van der Waals surface area contributed by atoms with Crippen LogP contribution in [-0.4, -0.2) is 60.1 Å². The van der Waals surface area contributed by atoms with Crippen molar-refractivity contribution in [2.45, 2.75) is 12.5 Å². The molecule has 0 aromatic carbocycles. The van der Waals surface area contributed by atoms with Gasteiger partial charge in [0.05, 0.1) is 6.54 Å². The molecule has 1 aliphatic carbocycles. The lowest BCUT2D eigenvalue weighted by atomic mass is 10.3. The van der Waals surface area contributed by atoms with Crippen molar-refractivity contribution in [3.05, 3.63) is 0 Å². The summed E-state index contributed by atoms with van der Waals surface area (Å²) in [5, 5.41) is 8.90. The SMILES string of the molecule is CN1CCN(C2CC2CO)CC1=O. The Bertz CT molecular complexity index is 220. The van der Waals surface area contributed by atoms with E-state index in [2.05, 4.69) is 4.90 Å². The Kier molecular flexibility index (Phi) is 2.26. The fraction of sp³-hybridized carbons (Fsp3) is 0.889. The maximum atomic E-state index is 11.4. The molecule has 1 saturated heterocycles. The molecular weight excluding hydrogens is 168 g/mol. The summed E-state index contributed by atoms with van der Waals surface area (Å²) in [4.78, 5) is 15.3. The van der Waals surface area contributed by atoms with Gasteiger partial charge in [0, 0.05) is 32.8 Å². The van der Waals surface area contributed by atoms with Crippen LogP contribution in [0.5, 0.6) is 0 Å². The first-order chi connectivity index (χ1) is 6.22. The first-order valence-corrected chi connectivity index (χ1v) is 4.81. The number of likely N-dealkylation sites (N-methyl/N-ethyl adjacent to an activating group) is 1. The van der Waals surface area contributed by atoms with Crippen molar-refractivity contribution >= 4 is 5.91 Å². The van der Waals surface area contributed by atoms with Gasteiger partial charge in [0.2, 0.25) is 5.91 Å². The minimum atomic E-state index is 0.204. The summed E-state index contributed by atoms with van der Waals surface area (Å²) in [6, 6.07) is 0.475. The summed E-state index contributed by atoms with van der Waals surface area (Å²) in [6.45, 7) is 2.60. The van der Waals surface area contributed by atoms with Gasteiger partial charge in [-0.2, -0.15) is 0 Å². The lowest BCUT2D eigenvalue weighted by Gasteiger charge is -2.32. The van der Waals surface area contributed by atoms with Gasteiger partial charge in [0.15, 0.2) is 0 Å². The van der Waals surface area contributed by atoms with Gasteiger partial charge in [0.1, 0.15) is 0 Å². The van der Waals surface area contributed by atoms with Crippen molar-refractivity contribution in [3.63, 3.8) is 0 Å². The maximum Gasteiger partial charge on any atom is 0.236 e. The van der Waals surface area contributed by atoms with Gasteiger partial charge >= 0.3 is 0 Å². The van der Waals surface area contributed by atoms with Crippen LogP contribution < -0.4 is 0 Å². The van der Waals surface area contributed by atoms with E-state index >= 15 is 0 Å². The molecule has 4 nitrogen and oxygen atoms in total. The molecule has 2 fully saturated rings. The summed E-state index contributed by atoms with van der Waals surface area (Å²) in [5.41, 5.74) is 0. The van der Waals surface area contributed by atoms with Gasteiger partial charge in [-0.1, -0.05) is 0 Å². The number of amides is 1. The molecule has 0 aromatic heterocycles. The van der Waals surface area contributed by atoms with Gasteiger partial charge in [-0.15, -0.1) is 0 Å². The minimum absolute atomic E-state index is 0.204. The van der Waals surface area contributed by atoms with Gasteiger partial charge < -0.3 is 10.0 Å². The molecule has 1 N–H and O–H groups in total. The summed E-state index contributed by atoms with van der Waals surface area (Å²) < 4.78 is 0. The molecule has 13 heavy (non-hydrogen) atoms. The predicted molar refractivity (Wildman–Crippen MR) is 48.2 cm³/mol. The van der Waals surface area contributed by atoms with Crippen molar-refractivity contribution in [2.75, 3.05) is 33.3 Å². The van der Waals surface area contributed by atoms with Crippen LogP contribution in [0.2, 0.25) is 0 Å². The van der Waals surface area contributed by atoms with Gasteiger partial charge in [-0.3, -0.25) is 9.69 Å². The first kappa shape index (κ1) is 8.97. The summed E-state index contributed by atoms with van der Waals surface area (Å²) in [6.07, 6.45) is 1.06. The second-order valence-electron chi connectivity index (χ2n) is 4.03. The number of aliphatic hydroxyl groups excluding tert-OH is 1. The average Bonchev–Trinajstić information content (AvgIpc) is 2.88. The van der Waals surface area contributed by atoms with Crippen LogP contribution in [-0.2, 0) is 4.79 Å². The molecule has 1 amide bonds. The number of aliphatic hydroxyl groups is 1. The van der Waals surface area contributed by atoms with Crippen molar-refractivity contribution in [2.24, 2.45) is 5.92 Å². The average molecular weight is 184 g/mol. The van der Waals surface area contributed by atoms with E-state index in [1.807, 2.05) is 7.05 Å². The van der Waals surface area contributed by atoms with E-state index in [1.165, 1.54) is 0 Å². The highest BCUT2D eigenvalue weighted by molar-refractivity contribution is 5.78. The Morgan fingerprint density at radius 1 is 1.54 bits per heavy atom. The fourth-order valence-corrected chi connectivity index (χ4v) is 1.93. The van der Waals surface area contributed by atoms with Crippen molar-refractivity contribution < 1.29 is 9.90 Å². The van der Waals surface area contributed by atoms with Crippen molar-refractivity contribution in [1.82, 2.24) is 9.80 Å². The zero-order valence-corrected chi connectivity index (χ0v) is 7.94. The molecule has 1 saturated carbocycles. The number of nitrogens with zero attached hydrogens (tertiary/aromatic N) is 2. The van der Waals surface area contributed by atoms with Crippen LogP contribution in [0.4, 0.5) is 0 Å². The van der Waals surface area contributed by atoms with E-state index < -0.39 is 0 Å². The van der Waals surface area contributed by atoms with E-state index in [0.717, 1.165) is 19.5 Å². The number of carbonyl (C=O) groups is 1. The van der Waals surface area contributed by atoms with E-state index in [1.54, 1.807) is 4.90 Å². The Labute approximate surface area is 78.1 Å². The Morgan fingerprint density at radius 2 is 2.31 bits per heavy atom. The molecule has 4 heteroatoms. The van der Waals surface area contributed by atoms with Gasteiger partial charge in [-0.05, 0) is 12.3 Å². The van der Waals surface area contributed by atoms with E-state index in [4.69, 9.17) is 5.11 Å². The smallest absolute Gasteiger partial charge is 0.236 e. The van der Waals surface area contributed by atoms with Gasteiger partial charge in [-0.25, -0.2) is 0 Å². The van der Waals surface area contributed by atoms with Crippen LogP contribution in [0, 0.1) is 5.92 Å². The second kappa shape index (κ2) is 3.27. The fourth-order valence-electron chi connectivity index (χ4n) is 1.93. The number of hydrogen-bond acceptors (Lipinski definition) is 3. The highest BCUT2D eigenvalue weighted by Gasteiger charge is 2.42. The summed E-state index contributed by atoms with van der Waals surface area (Å²) >= 11 is 0. The molecule has 1 aliphatic heterocycles. The number of carbonyl (C=O) groups excluding carboxylic acids is 1. The topological polar surface area (TPSA) is 43.8 Å². The first-order valence-electron chi connectivity index (χ1n) is 4.81. The summed E-state index contributed by atoms with van der Waals surface area (Å²) in [7, 11) is 1.84. The normalized spacial score (nSPS) is 35.2. The molecule has 0 aromatic rings. The molecular formula is C9H16N2O2. The van der Waals surface area contributed by atoms with E-state index in [9.17, 15) is 4.79 Å². The molecule has 0 spiro atoms. The Balaban J connectivity index is 1.86. The predicted octanol–water partition coefficient (Wildman–Crippen LogP) is -0.859. The highest BCUT2D eigenvalue weighted by Crippen LogP contribution is 2.35. The zero-order valence-electron chi connectivity index (χ0n) is 7.94. The summed E-state index contributed by atoms with van der Waals surface area (Å²) in [5.74, 6) is 0.631. The molecule has 2 unspecified atom stereocenters. The van der Waals surface area contributed by atoms with E-state index in [0.29, 0.717) is 18.5 Å². The van der Waals surface area contributed by atoms with Gasteiger partial charge in [0.25, 0.3) is 0 Å². The van der Waals surface area contributed by atoms with Crippen LogP contribution in [0.25, 0.3) is 0 Å². The van der Waals surface area contributed by atoms with Crippen molar-refractivity contribution in [3.8, 4) is 0 Å². The Hall–Kier alpha value is -0.610. The molecule has 0 radical (unpaired) electrons. The van der Waals surface area contributed by atoms with Crippen LogP contribution in [0.3, 0.4) is 0 Å². The third-order valence-electron chi connectivity index (χ3n) is 3.08. The number of piperazine rings is 1. The molecule has 0 bridgehead atoms. The quantitative estimate of drug-likeness (QED) is 0.607.